The molecule has 252 valence electrons. The summed E-state index contributed by atoms with van der Waals surface area (Å²) in [5.41, 5.74) is 6.93. The Balaban J connectivity index is 1.38. The third-order valence-electron chi connectivity index (χ3n) is 8.86. The van der Waals surface area contributed by atoms with Crippen molar-refractivity contribution in [1.82, 2.24) is 34.3 Å². The van der Waals surface area contributed by atoms with Gasteiger partial charge in [-0.2, -0.15) is 4.31 Å². The maximum Gasteiger partial charge on any atom is 0.239 e. The largest absolute Gasteiger partial charge is 0.472 e. The number of carbonyl (C=O) groups excluding carboxylic acids is 1. The van der Waals surface area contributed by atoms with Gasteiger partial charge in [0.25, 0.3) is 0 Å². The van der Waals surface area contributed by atoms with E-state index in [-0.39, 0.29) is 41.7 Å². The van der Waals surface area contributed by atoms with E-state index in [9.17, 15) is 13.9 Å². The first-order valence-electron chi connectivity index (χ1n) is 16.0. The Morgan fingerprint density at radius 2 is 1.90 bits per heavy atom. The molecule has 0 unspecified atom stereocenters. The molecular weight excluding hydrogens is 631 g/mol. The second-order valence-corrected chi connectivity index (χ2v) is 13.9. The number of hydrogen-bond donors (Lipinski definition) is 4. The number of anilines is 2. The van der Waals surface area contributed by atoms with E-state index in [4.69, 9.17) is 4.74 Å². The van der Waals surface area contributed by atoms with Gasteiger partial charge in [-0.05, 0) is 73.2 Å². The summed E-state index contributed by atoms with van der Waals surface area (Å²) >= 11 is 0. The van der Waals surface area contributed by atoms with Crippen LogP contribution in [0.4, 0.5) is 11.6 Å². The fraction of sp³-hybridized carbons (Fsp3) is 0.353. The summed E-state index contributed by atoms with van der Waals surface area (Å²) in [5, 5.41) is 14.6. The van der Waals surface area contributed by atoms with Gasteiger partial charge in [-0.15, -0.1) is 15.9 Å². The number of nitrogens with zero attached hydrogens (tertiary/aromatic N) is 7. The number of hydrogen-bond acceptors (Lipinski definition) is 11. The smallest absolute Gasteiger partial charge is 0.239 e. The van der Waals surface area contributed by atoms with Gasteiger partial charge in [0.05, 0.1) is 30.1 Å². The van der Waals surface area contributed by atoms with Crippen molar-refractivity contribution in [3.8, 4) is 5.88 Å². The number of ether oxygens (including phenoxy) is 1. The van der Waals surface area contributed by atoms with Gasteiger partial charge < -0.3 is 15.4 Å². The Hall–Kier alpha value is -4.63. The van der Waals surface area contributed by atoms with Crippen LogP contribution in [0.2, 0.25) is 0 Å². The van der Waals surface area contributed by atoms with Crippen molar-refractivity contribution < 1.29 is 18.6 Å². The third-order valence-corrected chi connectivity index (χ3v) is 10.8. The number of aromatic nitrogens is 6. The molecule has 4 N–H and O–H groups in total. The van der Waals surface area contributed by atoms with Crippen LogP contribution in [0, 0.1) is 13.8 Å². The first-order valence-corrected chi connectivity index (χ1v) is 17.5. The molecule has 0 saturated carbocycles. The van der Waals surface area contributed by atoms with Crippen LogP contribution in [0.15, 0.2) is 66.0 Å². The average Bonchev–Trinajstić information content (AvgIpc) is 3.48. The van der Waals surface area contributed by atoms with Crippen LogP contribution in [-0.2, 0) is 17.9 Å². The second-order valence-electron chi connectivity index (χ2n) is 11.9. The minimum atomic E-state index is -3.40. The number of rotatable bonds is 10. The molecule has 13 nitrogen and oxygen atoms in total. The molecule has 0 radical (unpaired) electrons. The summed E-state index contributed by atoms with van der Waals surface area (Å²) in [6.45, 7) is 9.30. The van der Waals surface area contributed by atoms with Crippen molar-refractivity contribution in [2.75, 3.05) is 24.2 Å². The van der Waals surface area contributed by atoms with Crippen LogP contribution in [-0.4, -0.2) is 69.0 Å². The number of amides is 1. The summed E-state index contributed by atoms with van der Waals surface area (Å²) in [6.07, 6.45) is 5.25. The highest BCUT2D eigenvalue weighted by molar-refractivity contribution is 8.22. The van der Waals surface area contributed by atoms with Gasteiger partial charge in [0, 0.05) is 38.7 Å². The highest BCUT2D eigenvalue weighted by atomic mass is 32.3. The Kier molecular flexibility index (Phi) is 9.60. The molecule has 14 heteroatoms. The predicted molar refractivity (Wildman–Crippen MR) is 186 cm³/mol. The van der Waals surface area contributed by atoms with E-state index in [1.54, 1.807) is 42.1 Å². The van der Waals surface area contributed by atoms with Gasteiger partial charge >= 0.3 is 0 Å². The quantitative estimate of drug-likeness (QED) is 0.135. The summed E-state index contributed by atoms with van der Waals surface area (Å²) in [6, 6.07) is 13.5. The molecule has 0 bridgehead atoms. The van der Waals surface area contributed by atoms with Crippen LogP contribution < -0.4 is 15.4 Å². The van der Waals surface area contributed by atoms with Gasteiger partial charge in [-0.25, -0.2) is 19.6 Å². The Bertz CT molecular complexity index is 1930. The van der Waals surface area contributed by atoms with Crippen LogP contribution in [0.5, 0.6) is 5.88 Å². The molecule has 0 spiro atoms. The van der Waals surface area contributed by atoms with Gasteiger partial charge in [0.1, 0.15) is 16.5 Å². The van der Waals surface area contributed by atoms with Gasteiger partial charge in [0.15, 0.2) is 0 Å². The molecule has 1 aliphatic heterocycles. The molecule has 6 rings (SSSR count). The Morgan fingerprint density at radius 1 is 1.10 bits per heavy atom. The highest BCUT2D eigenvalue weighted by Gasteiger charge is 2.36. The summed E-state index contributed by atoms with van der Waals surface area (Å²) < 4.78 is 32.9. The number of nitrogens with one attached hydrogen (secondary N) is 2. The minimum Gasteiger partial charge on any atom is -0.472 e. The molecule has 2 aromatic carbocycles. The molecular formula is C34H41N9O4S. The molecule has 0 fully saturated rings. The lowest BCUT2D eigenvalue weighted by Gasteiger charge is -2.41. The molecule has 48 heavy (non-hydrogen) atoms. The highest BCUT2D eigenvalue weighted by Crippen LogP contribution is 2.57. The number of carbonyl (C=O) groups is 1. The van der Waals surface area contributed by atoms with E-state index >= 15 is 0 Å². The molecule has 3 aromatic heterocycles. The predicted octanol–water partition coefficient (Wildman–Crippen LogP) is 6.15. The van der Waals surface area contributed by atoms with Crippen molar-refractivity contribution in [3.63, 3.8) is 0 Å². The summed E-state index contributed by atoms with van der Waals surface area (Å²) in [5.74, 6) is 0.160. The second kappa shape index (κ2) is 13.8. The monoisotopic (exact) mass is 671 g/mol. The zero-order chi connectivity index (χ0) is 34.0. The van der Waals surface area contributed by atoms with Crippen molar-refractivity contribution >= 4 is 39.4 Å². The van der Waals surface area contributed by atoms with Crippen LogP contribution in [0.1, 0.15) is 60.4 Å². The number of aryl methyl sites for hydroxylation is 3. The Morgan fingerprint density at radius 3 is 2.62 bits per heavy atom. The van der Waals surface area contributed by atoms with Crippen LogP contribution in [0.3, 0.4) is 0 Å². The summed E-state index contributed by atoms with van der Waals surface area (Å²) in [7, 11) is -1.67. The van der Waals surface area contributed by atoms with Crippen molar-refractivity contribution in [2.24, 2.45) is 0 Å². The van der Waals surface area contributed by atoms with Crippen molar-refractivity contribution in [1.29, 1.82) is 0 Å². The van der Waals surface area contributed by atoms with E-state index < -0.39 is 10.8 Å². The third kappa shape index (κ3) is 6.56. The minimum absolute atomic E-state index is 0.133. The molecule has 0 saturated heterocycles. The van der Waals surface area contributed by atoms with E-state index in [1.807, 2.05) is 56.6 Å². The maximum absolute atomic E-state index is 13.6. The maximum atomic E-state index is 13.6. The summed E-state index contributed by atoms with van der Waals surface area (Å²) in [4.78, 5) is 26.6. The molecule has 0 aliphatic carbocycles. The fourth-order valence-electron chi connectivity index (χ4n) is 6.09. The van der Waals surface area contributed by atoms with Crippen molar-refractivity contribution in [2.45, 2.75) is 70.5 Å². The number of pyridine rings is 1. The molecule has 2 atom stereocenters. The van der Waals surface area contributed by atoms with Crippen LogP contribution in [0.25, 0.3) is 11.0 Å². The lowest BCUT2D eigenvalue weighted by Crippen LogP contribution is -2.34. The topological polar surface area (TPSA) is 163 Å². The lowest BCUT2D eigenvalue weighted by molar-refractivity contribution is -0.116. The molecule has 1 amide bonds. The SMILES string of the molecule is CC[C@@H]1CN(Cc2cc([C@H](CC(=O)Nc3cnc(NC)nc3)c3ccc4c(nnn4CC)c3C)ccc2C)S(O)(O)c2cccnc2O1. The van der Waals surface area contributed by atoms with Gasteiger partial charge in [-0.1, -0.05) is 36.4 Å². The van der Waals surface area contributed by atoms with Gasteiger partial charge in [-0.3, -0.25) is 13.9 Å². The van der Waals surface area contributed by atoms with E-state index in [0.29, 0.717) is 31.1 Å². The fourth-order valence-corrected chi connectivity index (χ4v) is 7.66. The molecule has 4 heterocycles. The molecule has 5 aromatic rings. The number of fused-ring (bicyclic) bond motifs is 2. The van der Waals surface area contributed by atoms with E-state index in [0.717, 1.165) is 38.9 Å². The standard InChI is InChI=1S/C34H41N9O4S/c1-6-26-20-42(48(45,46)30-9-8-14-36-33(30)47-26)19-24-15-23(11-10-21(24)3)28(16-31(44)39-25-17-37-34(35-5)38-18-25)27-12-13-29-32(22(27)4)40-41-43(29)7-2/h8-15,17-18,26,28,45-46H,6-7,16,19-20H2,1-5H3,(H,39,44)(H,35,37,38)/t26-,28+/m1/s1. The number of benzene rings is 2. The lowest BCUT2D eigenvalue weighted by atomic mass is 9.84. The van der Waals surface area contributed by atoms with E-state index in [1.165, 1.54) is 0 Å². The zero-order valence-electron chi connectivity index (χ0n) is 27.7. The first kappa shape index (κ1) is 33.3. The van der Waals surface area contributed by atoms with Gasteiger partial charge in [0.2, 0.25) is 17.7 Å². The average molecular weight is 672 g/mol. The van der Waals surface area contributed by atoms with Crippen molar-refractivity contribution in [3.05, 3.63) is 88.9 Å². The molecule has 1 aliphatic rings. The first-order chi connectivity index (χ1) is 23.1. The van der Waals surface area contributed by atoms with E-state index in [2.05, 4.69) is 42.0 Å². The zero-order valence-corrected chi connectivity index (χ0v) is 28.5. The normalized spacial score (nSPS) is 17.2. The van der Waals surface area contributed by atoms with Crippen LogP contribution >= 0.6 is 10.8 Å². The Labute approximate surface area is 281 Å².